The van der Waals surface area contributed by atoms with Gasteiger partial charge in [0, 0.05) is 35.3 Å². The Morgan fingerprint density at radius 3 is 2.68 bits per heavy atom. The van der Waals surface area contributed by atoms with Gasteiger partial charge in [-0.05, 0) is 32.0 Å². The number of aryl methyl sites for hydroxylation is 2. The van der Waals surface area contributed by atoms with Crippen molar-refractivity contribution in [2.75, 3.05) is 5.32 Å². The molecule has 9 heteroatoms. The van der Waals surface area contributed by atoms with Gasteiger partial charge in [-0.15, -0.1) is 11.3 Å². The molecule has 25 heavy (non-hydrogen) atoms. The van der Waals surface area contributed by atoms with Crippen molar-refractivity contribution < 1.29 is 9.72 Å². The number of thiazole rings is 1. The number of carbonyl (C=O) groups excluding carboxylic acids is 1. The first-order valence-electron chi connectivity index (χ1n) is 7.54. The Hall–Kier alpha value is -3.07. The lowest BCUT2D eigenvalue weighted by Crippen LogP contribution is -2.13. The van der Waals surface area contributed by atoms with E-state index >= 15 is 0 Å². The highest BCUT2D eigenvalue weighted by atomic mass is 32.1. The molecule has 0 saturated heterocycles. The van der Waals surface area contributed by atoms with Crippen LogP contribution in [0.25, 0.3) is 11.3 Å². The number of anilines is 1. The van der Waals surface area contributed by atoms with Crippen molar-refractivity contribution in [3.63, 3.8) is 0 Å². The molecule has 0 unspecified atom stereocenters. The Morgan fingerprint density at radius 2 is 2.08 bits per heavy atom. The number of rotatable bonds is 5. The van der Waals surface area contributed by atoms with Crippen molar-refractivity contribution in [3.8, 4) is 11.3 Å². The van der Waals surface area contributed by atoms with E-state index in [1.54, 1.807) is 28.3 Å². The highest BCUT2D eigenvalue weighted by molar-refractivity contribution is 7.14. The molecule has 1 aromatic carbocycles. The number of aromatic nitrogens is 3. The number of carbonyl (C=O) groups is 1. The van der Waals surface area contributed by atoms with Crippen LogP contribution < -0.4 is 5.32 Å². The first kappa shape index (κ1) is 16.8. The maximum Gasteiger partial charge on any atom is 0.277 e. The van der Waals surface area contributed by atoms with E-state index in [1.165, 1.54) is 23.5 Å². The van der Waals surface area contributed by atoms with Gasteiger partial charge in [0.1, 0.15) is 0 Å². The minimum absolute atomic E-state index is 0.0226. The lowest BCUT2D eigenvalue weighted by molar-refractivity contribution is -0.384. The molecule has 0 radical (unpaired) electrons. The number of amides is 1. The van der Waals surface area contributed by atoms with Gasteiger partial charge < -0.3 is 0 Å². The van der Waals surface area contributed by atoms with Gasteiger partial charge in [0.25, 0.3) is 11.6 Å². The molecule has 3 aromatic rings. The summed E-state index contributed by atoms with van der Waals surface area (Å²) in [6, 6.07) is 7.83. The summed E-state index contributed by atoms with van der Waals surface area (Å²) in [5.41, 5.74) is 2.66. The molecule has 0 aliphatic rings. The molecule has 0 atom stereocenters. The van der Waals surface area contributed by atoms with Crippen LogP contribution in [0.4, 0.5) is 10.8 Å². The molecule has 0 aliphatic carbocycles. The summed E-state index contributed by atoms with van der Waals surface area (Å²) < 4.78 is 1.75. The molecule has 2 heterocycles. The highest BCUT2D eigenvalue weighted by Gasteiger charge is 2.14. The zero-order valence-electron chi connectivity index (χ0n) is 13.6. The van der Waals surface area contributed by atoms with Gasteiger partial charge in [-0.2, -0.15) is 5.10 Å². The zero-order valence-corrected chi connectivity index (χ0v) is 14.4. The third kappa shape index (κ3) is 3.56. The summed E-state index contributed by atoms with van der Waals surface area (Å²) in [4.78, 5) is 26.9. The SMILES string of the molecule is CCn1nc(C(=O)Nc2nc(-c3ccc([N+](=O)[O-])cc3)cs2)cc1C. The normalized spacial score (nSPS) is 10.6. The van der Waals surface area contributed by atoms with E-state index in [-0.39, 0.29) is 11.6 Å². The second kappa shape index (κ2) is 6.81. The number of non-ortho nitro benzene ring substituents is 1. The molecule has 8 nitrogen and oxygen atoms in total. The van der Waals surface area contributed by atoms with Gasteiger partial charge in [-0.1, -0.05) is 0 Å². The smallest absolute Gasteiger partial charge is 0.277 e. The van der Waals surface area contributed by atoms with Gasteiger partial charge in [0.2, 0.25) is 0 Å². The van der Waals surface area contributed by atoms with E-state index in [4.69, 9.17) is 0 Å². The van der Waals surface area contributed by atoms with Crippen LogP contribution in [-0.2, 0) is 6.54 Å². The van der Waals surface area contributed by atoms with Crippen LogP contribution in [0, 0.1) is 17.0 Å². The largest absolute Gasteiger partial charge is 0.296 e. The molecular formula is C16H15N5O3S. The maximum absolute atomic E-state index is 12.3. The number of hydrogen-bond donors (Lipinski definition) is 1. The van der Waals surface area contributed by atoms with E-state index in [1.807, 2.05) is 13.8 Å². The number of nitrogens with zero attached hydrogens (tertiary/aromatic N) is 4. The van der Waals surface area contributed by atoms with Gasteiger partial charge >= 0.3 is 0 Å². The van der Waals surface area contributed by atoms with Crippen LogP contribution in [0.3, 0.4) is 0 Å². The number of nitrogens with one attached hydrogen (secondary N) is 1. The summed E-state index contributed by atoms with van der Waals surface area (Å²) in [5.74, 6) is -0.320. The average Bonchev–Trinajstić information content (AvgIpc) is 3.21. The van der Waals surface area contributed by atoms with Crippen LogP contribution in [0.15, 0.2) is 35.7 Å². The van der Waals surface area contributed by atoms with Crippen molar-refractivity contribution in [2.45, 2.75) is 20.4 Å². The van der Waals surface area contributed by atoms with E-state index in [2.05, 4.69) is 15.4 Å². The van der Waals surface area contributed by atoms with Crippen molar-refractivity contribution in [1.29, 1.82) is 0 Å². The quantitative estimate of drug-likeness (QED) is 0.556. The van der Waals surface area contributed by atoms with Crippen molar-refractivity contribution in [1.82, 2.24) is 14.8 Å². The van der Waals surface area contributed by atoms with E-state index in [9.17, 15) is 14.9 Å². The number of hydrogen-bond acceptors (Lipinski definition) is 6. The second-order valence-corrected chi connectivity index (χ2v) is 6.14. The Balaban J connectivity index is 1.74. The van der Waals surface area contributed by atoms with Crippen LogP contribution >= 0.6 is 11.3 Å². The second-order valence-electron chi connectivity index (χ2n) is 5.28. The molecule has 0 saturated carbocycles. The molecule has 1 amide bonds. The third-order valence-electron chi connectivity index (χ3n) is 3.61. The lowest BCUT2D eigenvalue weighted by atomic mass is 10.1. The van der Waals surface area contributed by atoms with Crippen molar-refractivity contribution >= 4 is 28.1 Å². The van der Waals surface area contributed by atoms with Gasteiger partial charge in [0.05, 0.1) is 10.6 Å². The molecule has 0 bridgehead atoms. The Labute approximate surface area is 147 Å². The topological polar surface area (TPSA) is 103 Å². The fourth-order valence-electron chi connectivity index (χ4n) is 2.32. The fourth-order valence-corrected chi connectivity index (χ4v) is 3.03. The van der Waals surface area contributed by atoms with E-state index < -0.39 is 4.92 Å². The number of benzene rings is 1. The molecule has 128 valence electrons. The molecule has 0 aliphatic heterocycles. The molecule has 1 N–H and O–H groups in total. The Kier molecular flexibility index (Phi) is 4.57. The highest BCUT2D eigenvalue weighted by Crippen LogP contribution is 2.26. The fraction of sp³-hybridized carbons (Fsp3) is 0.188. The number of nitro groups is 1. The summed E-state index contributed by atoms with van der Waals surface area (Å²) >= 11 is 1.28. The lowest BCUT2D eigenvalue weighted by Gasteiger charge is -1.99. The standard InChI is InChI=1S/C16H15N5O3S/c1-3-20-10(2)8-13(19-20)15(22)18-16-17-14(9-25-16)11-4-6-12(7-5-11)21(23)24/h4-9H,3H2,1-2H3,(H,17,18,22). The van der Waals surface area contributed by atoms with Crippen LogP contribution in [0.2, 0.25) is 0 Å². The van der Waals surface area contributed by atoms with Crippen LogP contribution in [-0.4, -0.2) is 25.6 Å². The third-order valence-corrected chi connectivity index (χ3v) is 4.37. The summed E-state index contributed by atoms with van der Waals surface area (Å²) in [5, 5.41) is 19.9. The summed E-state index contributed by atoms with van der Waals surface area (Å²) in [7, 11) is 0. The van der Waals surface area contributed by atoms with E-state index in [0.717, 1.165) is 11.3 Å². The molecule has 2 aromatic heterocycles. The van der Waals surface area contributed by atoms with Crippen LogP contribution in [0.5, 0.6) is 0 Å². The van der Waals surface area contributed by atoms with Crippen molar-refractivity contribution in [2.24, 2.45) is 0 Å². The maximum atomic E-state index is 12.3. The molecule has 3 rings (SSSR count). The Morgan fingerprint density at radius 1 is 1.36 bits per heavy atom. The van der Waals surface area contributed by atoms with Crippen molar-refractivity contribution in [3.05, 3.63) is 57.2 Å². The molecular weight excluding hydrogens is 342 g/mol. The first-order valence-corrected chi connectivity index (χ1v) is 8.42. The summed E-state index contributed by atoms with van der Waals surface area (Å²) in [6.45, 7) is 4.54. The van der Waals surface area contributed by atoms with Crippen LogP contribution in [0.1, 0.15) is 23.1 Å². The zero-order chi connectivity index (χ0) is 18.0. The number of nitro benzene ring substituents is 1. The minimum Gasteiger partial charge on any atom is -0.296 e. The summed E-state index contributed by atoms with van der Waals surface area (Å²) in [6.07, 6.45) is 0. The minimum atomic E-state index is -0.450. The van der Waals surface area contributed by atoms with Gasteiger partial charge in [-0.3, -0.25) is 24.9 Å². The average molecular weight is 357 g/mol. The predicted octanol–water partition coefficient (Wildman–Crippen LogP) is 3.50. The van der Waals surface area contributed by atoms with E-state index in [0.29, 0.717) is 23.1 Å². The monoisotopic (exact) mass is 357 g/mol. The predicted molar refractivity (Wildman–Crippen MR) is 94.8 cm³/mol. The first-order chi connectivity index (χ1) is 12.0. The molecule has 0 fully saturated rings. The van der Waals surface area contributed by atoms with Gasteiger partial charge in [-0.25, -0.2) is 4.98 Å². The van der Waals surface area contributed by atoms with Gasteiger partial charge in [0.15, 0.2) is 10.8 Å². The Bertz CT molecular complexity index is 930. The molecule has 0 spiro atoms.